The molecule has 0 aliphatic rings. The molecule has 0 bridgehead atoms. The Labute approximate surface area is 74.7 Å². The van der Waals surface area contributed by atoms with Gasteiger partial charge in [-0.3, -0.25) is 9.78 Å². The van der Waals surface area contributed by atoms with Crippen molar-refractivity contribution in [1.82, 2.24) is 4.98 Å². The Hall–Kier alpha value is -1.49. The first-order valence-corrected chi connectivity index (χ1v) is 3.62. The summed E-state index contributed by atoms with van der Waals surface area (Å²) in [7, 11) is 1.39. The molecule has 5 heteroatoms. The van der Waals surface area contributed by atoms with E-state index < -0.39 is 11.7 Å². The van der Waals surface area contributed by atoms with Gasteiger partial charge < -0.3 is 10.1 Å². The van der Waals surface area contributed by atoms with Crippen molar-refractivity contribution in [2.24, 2.45) is 0 Å². The summed E-state index contributed by atoms with van der Waals surface area (Å²) < 4.78 is 17.4. The minimum Gasteiger partial charge on any atom is -0.375 e. The van der Waals surface area contributed by atoms with E-state index in [-0.39, 0.29) is 12.3 Å². The monoisotopic (exact) mass is 184 g/mol. The van der Waals surface area contributed by atoms with Crippen LogP contribution in [-0.4, -0.2) is 24.6 Å². The first-order valence-electron chi connectivity index (χ1n) is 3.62. The van der Waals surface area contributed by atoms with Crippen molar-refractivity contribution in [3.05, 3.63) is 24.3 Å². The highest BCUT2D eigenvalue weighted by Gasteiger charge is 2.05. The maximum absolute atomic E-state index is 12.9. The summed E-state index contributed by atoms with van der Waals surface area (Å²) in [6, 6.07) is 1.38. The average molecular weight is 184 g/mol. The Kier molecular flexibility index (Phi) is 3.33. The molecule has 0 spiro atoms. The molecule has 0 unspecified atom stereocenters. The van der Waals surface area contributed by atoms with Crippen molar-refractivity contribution in [3.8, 4) is 0 Å². The molecule has 0 aliphatic carbocycles. The molecule has 1 N–H and O–H groups in total. The van der Waals surface area contributed by atoms with E-state index in [0.717, 1.165) is 6.20 Å². The summed E-state index contributed by atoms with van der Waals surface area (Å²) in [6.07, 6.45) is 2.42. The van der Waals surface area contributed by atoms with Crippen LogP contribution in [0, 0.1) is 5.82 Å². The third-order valence-corrected chi connectivity index (χ3v) is 1.32. The summed E-state index contributed by atoms with van der Waals surface area (Å²) in [4.78, 5) is 14.5. The molecule has 0 fully saturated rings. The first-order chi connectivity index (χ1) is 6.24. The lowest BCUT2D eigenvalue weighted by Crippen LogP contribution is -2.17. The Morgan fingerprint density at radius 3 is 3.15 bits per heavy atom. The Morgan fingerprint density at radius 1 is 1.77 bits per heavy atom. The van der Waals surface area contributed by atoms with Crippen LogP contribution in [-0.2, 0) is 9.53 Å². The van der Waals surface area contributed by atoms with E-state index >= 15 is 0 Å². The highest BCUT2D eigenvalue weighted by atomic mass is 19.1. The quantitative estimate of drug-likeness (QED) is 0.756. The fourth-order valence-corrected chi connectivity index (χ4v) is 0.794. The second-order valence-electron chi connectivity index (χ2n) is 2.34. The number of anilines is 1. The van der Waals surface area contributed by atoms with Crippen LogP contribution in [0.1, 0.15) is 0 Å². The number of nitrogens with zero attached hydrogens (tertiary/aromatic N) is 1. The first kappa shape index (κ1) is 9.60. The maximum atomic E-state index is 12.9. The van der Waals surface area contributed by atoms with Gasteiger partial charge in [-0.2, -0.15) is 0 Å². The van der Waals surface area contributed by atoms with Crippen LogP contribution >= 0.6 is 0 Å². The second-order valence-corrected chi connectivity index (χ2v) is 2.34. The van der Waals surface area contributed by atoms with Crippen LogP contribution in [0.5, 0.6) is 0 Å². The Bertz CT molecular complexity index is 304. The number of halogens is 1. The Morgan fingerprint density at radius 2 is 2.54 bits per heavy atom. The van der Waals surface area contributed by atoms with Crippen LogP contribution in [0.4, 0.5) is 10.1 Å². The highest BCUT2D eigenvalue weighted by Crippen LogP contribution is 2.10. The van der Waals surface area contributed by atoms with Gasteiger partial charge in [-0.1, -0.05) is 0 Å². The average Bonchev–Trinajstić information content (AvgIpc) is 2.09. The summed E-state index contributed by atoms with van der Waals surface area (Å²) in [5.74, 6) is -0.959. The number of aromatic nitrogens is 1. The van der Waals surface area contributed by atoms with Gasteiger partial charge in [0, 0.05) is 13.3 Å². The van der Waals surface area contributed by atoms with Crippen LogP contribution in [0.3, 0.4) is 0 Å². The topological polar surface area (TPSA) is 51.2 Å². The van der Waals surface area contributed by atoms with E-state index in [1.807, 2.05) is 0 Å². The van der Waals surface area contributed by atoms with Crippen LogP contribution < -0.4 is 5.32 Å². The van der Waals surface area contributed by atoms with Crippen molar-refractivity contribution >= 4 is 11.6 Å². The number of hydrogen-bond acceptors (Lipinski definition) is 3. The van der Waals surface area contributed by atoms with E-state index in [0.29, 0.717) is 0 Å². The number of methoxy groups -OCH3 is 1. The van der Waals surface area contributed by atoms with E-state index in [1.165, 1.54) is 19.4 Å². The molecule has 1 amide bonds. The van der Waals surface area contributed by atoms with Crippen molar-refractivity contribution in [1.29, 1.82) is 0 Å². The fraction of sp³-hybridized carbons (Fsp3) is 0.250. The zero-order valence-electron chi connectivity index (χ0n) is 7.08. The van der Waals surface area contributed by atoms with E-state index in [2.05, 4.69) is 15.0 Å². The number of nitrogens with one attached hydrogen (secondary N) is 1. The highest BCUT2D eigenvalue weighted by molar-refractivity contribution is 5.91. The zero-order valence-corrected chi connectivity index (χ0v) is 7.08. The summed E-state index contributed by atoms with van der Waals surface area (Å²) in [5.41, 5.74) is 0.108. The molecule has 4 nitrogen and oxygen atoms in total. The molecule has 70 valence electrons. The maximum Gasteiger partial charge on any atom is 0.250 e. The van der Waals surface area contributed by atoms with Crippen LogP contribution in [0.25, 0.3) is 0 Å². The number of hydrogen-bond donors (Lipinski definition) is 1. The number of carbonyl (C=O) groups is 1. The lowest BCUT2D eigenvalue weighted by Gasteiger charge is -2.03. The fourth-order valence-electron chi connectivity index (χ4n) is 0.794. The number of ether oxygens (including phenoxy) is 1. The molecule has 13 heavy (non-hydrogen) atoms. The standard InChI is InChI=1S/C8H9FN2O2/c1-13-5-8(12)11-7-2-3-10-4-6(7)9/h2-4H,5H2,1H3,(H,10,11,12). The number of rotatable bonds is 3. The van der Waals surface area contributed by atoms with Gasteiger partial charge >= 0.3 is 0 Å². The molecular weight excluding hydrogens is 175 g/mol. The lowest BCUT2D eigenvalue weighted by molar-refractivity contribution is -0.119. The largest absolute Gasteiger partial charge is 0.375 e. The molecular formula is C8H9FN2O2. The summed E-state index contributed by atoms with van der Waals surface area (Å²) in [5, 5.41) is 2.33. The van der Waals surface area contributed by atoms with Crippen molar-refractivity contribution < 1.29 is 13.9 Å². The van der Waals surface area contributed by atoms with Crippen LogP contribution in [0.2, 0.25) is 0 Å². The predicted octanol–water partition coefficient (Wildman–Crippen LogP) is 0.806. The zero-order chi connectivity index (χ0) is 9.68. The van der Waals surface area contributed by atoms with Gasteiger partial charge in [-0.25, -0.2) is 4.39 Å². The number of pyridine rings is 1. The third kappa shape index (κ3) is 2.79. The molecule has 0 aromatic carbocycles. The number of amides is 1. The van der Waals surface area contributed by atoms with Gasteiger partial charge in [0.05, 0.1) is 11.9 Å². The van der Waals surface area contributed by atoms with Crippen molar-refractivity contribution in [2.75, 3.05) is 19.0 Å². The molecule has 0 aliphatic heterocycles. The molecule has 1 rings (SSSR count). The SMILES string of the molecule is COCC(=O)Nc1ccncc1F. The van der Waals surface area contributed by atoms with Gasteiger partial charge in [-0.15, -0.1) is 0 Å². The smallest absolute Gasteiger partial charge is 0.250 e. The number of carbonyl (C=O) groups excluding carboxylic acids is 1. The minimum absolute atomic E-state index is 0.0955. The molecule has 0 saturated carbocycles. The summed E-state index contributed by atoms with van der Waals surface area (Å²) >= 11 is 0. The normalized spacial score (nSPS) is 9.69. The predicted molar refractivity (Wildman–Crippen MR) is 44.7 cm³/mol. The molecule has 0 saturated heterocycles. The summed E-state index contributed by atoms with van der Waals surface area (Å²) in [6.45, 7) is -0.0955. The van der Waals surface area contributed by atoms with Gasteiger partial charge in [0.25, 0.3) is 0 Å². The minimum atomic E-state index is -0.563. The van der Waals surface area contributed by atoms with E-state index in [9.17, 15) is 9.18 Å². The van der Waals surface area contributed by atoms with Crippen molar-refractivity contribution in [3.63, 3.8) is 0 Å². The molecule has 0 atom stereocenters. The van der Waals surface area contributed by atoms with Gasteiger partial charge in [-0.05, 0) is 6.07 Å². The second kappa shape index (κ2) is 4.51. The van der Waals surface area contributed by atoms with Crippen molar-refractivity contribution in [2.45, 2.75) is 0 Å². The van der Waals surface area contributed by atoms with Gasteiger partial charge in [0.2, 0.25) is 5.91 Å². The third-order valence-electron chi connectivity index (χ3n) is 1.32. The molecule has 0 radical (unpaired) electrons. The van der Waals surface area contributed by atoms with E-state index in [1.54, 1.807) is 0 Å². The van der Waals surface area contributed by atoms with Gasteiger partial charge in [0.1, 0.15) is 6.61 Å². The van der Waals surface area contributed by atoms with E-state index in [4.69, 9.17) is 0 Å². The molecule has 1 aromatic heterocycles. The Balaban J connectivity index is 2.63. The molecule has 1 aromatic rings. The molecule has 1 heterocycles. The van der Waals surface area contributed by atoms with Crippen LogP contribution in [0.15, 0.2) is 18.5 Å². The van der Waals surface area contributed by atoms with Gasteiger partial charge in [0.15, 0.2) is 5.82 Å². The lowest BCUT2D eigenvalue weighted by atomic mass is 10.4.